The number of nitrogens with one attached hydrogen (secondary N) is 1. The number of hydrogen-bond acceptors (Lipinski definition) is 3. The number of anilines is 3. The maximum Gasteiger partial charge on any atom is 0.169 e. The molecular formula is C12H9F4N3. The predicted molar refractivity (Wildman–Crippen MR) is 62.9 cm³/mol. The minimum atomic E-state index is -1.10. The summed E-state index contributed by atoms with van der Waals surface area (Å²) in [4.78, 5) is 3.36. The molecule has 0 atom stereocenters. The van der Waals surface area contributed by atoms with Gasteiger partial charge in [-0.2, -0.15) is 0 Å². The summed E-state index contributed by atoms with van der Waals surface area (Å²) < 4.78 is 53.5. The van der Waals surface area contributed by atoms with Crippen molar-refractivity contribution in [1.82, 2.24) is 4.98 Å². The van der Waals surface area contributed by atoms with Gasteiger partial charge in [-0.1, -0.05) is 6.07 Å². The third-order valence-corrected chi connectivity index (χ3v) is 2.48. The van der Waals surface area contributed by atoms with E-state index in [-0.39, 0.29) is 5.56 Å². The third kappa shape index (κ3) is 2.44. The number of benzene rings is 1. The molecule has 1 heterocycles. The van der Waals surface area contributed by atoms with E-state index in [1.165, 1.54) is 13.0 Å². The van der Waals surface area contributed by atoms with Crippen LogP contribution in [-0.2, 0) is 0 Å². The molecule has 19 heavy (non-hydrogen) atoms. The third-order valence-electron chi connectivity index (χ3n) is 2.48. The first kappa shape index (κ1) is 13.1. The van der Waals surface area contributed by atoms with Gasteiger partial charge in [0.15, 0.2) is 29.1 Å². The number of pyridine rings is 1. The second-order valence-electron chi connectivity index (χ2n) is 3.86. The highest BCUT2D eigenvalue weighted by molar-refractivity contribution is 5.60. The standard InChI is InChI=1S/C12H9F4N3/c1-5-2-3-6(13)10(9(5)16)18-12-8(15)4-7(14)11(17)19-12/h2-4H,1H3,(H3,17,18,19). The molecule has 1 aromatic heterocycles. The minimum absolute atomic E-state index is 0.166. The number of halogens is 4. The second kappa shape index (κ2) is 4.75. The molecule has 0 saturated heterocycles. The van der Waals surface area contributed by atoms with Gasteiger partial charge in [-0.15, -0.1) is 0 Å². The molecule has 0 aliphatic rings. The number of hydrogen-bond donors (Lipinski definition) is 2. The normalized spacial score (nSPS) is 10.6. The van der Waals surface area contributed by atoms with Crippen LogP contribution in [0.2, 0.25) is 0 Å². The SMILES string of the molecule is Cc1ccc(F)c(Nc2nc(N)c(F)cc2F)c1F. The Morgan fingerprint density at radius 1 is 1.05 bits per heavy atom. The molecule has 0 saturated carbocycles. The number of nitrogen functional groups attached to an aromatic ring is 1. The monoisotopic (exact) mass is 271 g/mol. The van der Waals surface area contributed by atoms with Gasteiger partial charge in [0.05, 0.1) is 0 Å². The zero-order valence-corrected chi connectivity index (χ0v) is 9.77. The van der Waals surface area contributed by atoms with E-state index in [2.05, 4.69) is 10.3 Å². The lowest BCUT2D eigenvalue weighted by molar-refractivity contribution is 0.575. The molecule has 0 spiro atoms. The number of nitrogens with zero attached hydrogens (tertiary/aromatic N) is 1. The van der Waals surface area contributed by atoms with E-state index in [0.717, 1.165) is 6.07 Å². The highest BCUT2D eigenvalue weighted by atomic mass is 19.1. The molecule has 1 aromatic carbocycles. The summed E-state index contributed by atoms with van der Waals surface area (Å²) in [6.07, 6.45) is 0. The second-order valence-corrected chi connectivity index (χ2v) is 3.86. The van der Waals surface area contributed by atoms with Crippen LogP contribution in [-0.4, -0.2) is 4.98 Å². The van der Waals surface area contributed by atoms with Gasteiger partial charge in [-0.25, -0.2) is 22.5 Å². The first-order valence-corrected chi connectivity index (χ1v) is 5.23. The van der Waals surface area contributed by atoms with Gasteiger partial charge < -0.3 is 11.1 Å². The van der Waals surface area contributed by atoms with E-state index in [4.69, 9.17) is 5.73 Å². The van der Waals surface area contributed by atoms with Gasteiger partial charge in [-0.3, -0.25) is 0 Å². The quantitative estimate of drug-likeness (QED) is 0.824. The fourth-order valence-electron chi connectivity index (χ4n) is 1.46. The first-order chi connectivity index (χ1) is 8.90. The lowest BCUT2D eigenvalue weighted by Crippen LogP contribution is -2.06. The Morgan fingerprint density at radius 2 is 1.74 bits per heavy atom. The molecule has 0 bridgehead atoms. The number of aromatic nitrogens is 1. The predicted octanol–water partition coefficient (Wildman–Crippen LogP) is 3.27. The van der Waals surface area contributed by atoms with Crippen molar-refractivity contribution in [1.29, 1.82) is 0 Å². The van der Waals surface area contributed by atoms with Crippen molar-refractivity contribution in [2.75, 3.05) is 11.1 Å². The Kier molecular flexibility index (Phi) is 3.28. The molecule has 2 rings (SSSR count). The summed E-state index contributed by atoms with van der Waals surface area (Å²) in [6.45, 7) is 1.42. The lowest BCUT2D eigenvalue weighted by Gasteiger charge is -2.11. The van der Waals surface area contributed by atoms with Crippen LogP contribution in [0.1, 0.15) is 5.56 Å². The van der Waals surface area contributed by atoms with E-state index in [1.807, 2.05) is 0 Å². The van der Waals surface area contributed by atoms with Gasteiger partial charge in [0.25, 0.3) is 0 Å². The summed E-state index contributed by atoms with van der Waals surface area (Å²) in [6, 6.07) is 2.74. The Labute approximate surface area is 106 Å². The van der Waals surface area contributed by atoms with Crippen LogP contribution in [0.3, 0.4) is 0 Å². The highest BCUT2D eigenvalue weighted by Gasteiger charge is 2.16. The summed E-state index contributed by atoms with van der Waals surface area (Å²) in [5, 5.41) is 2.13. The van der Waals surface area contributed by atoms with Crippen molar-refractivity contribution >= 4 is 17.3 Å². The van der Waals surface area contributed by atoms with Crippen molar-refractivity contribution in [3.05, 3.63) is 47.0 Å². The summed E-state index contributed by atoms with van der Waals surface area (Å²) >= 11 is 0. The largest absolute Gasteiger partial charge is 0.381 e. The fourth-order valence-corrected chi connectivity index (χ4v) is 1.46. The average Bonchev–Trinajstić information content (AvgIpc) is 2.36. The Bertz CT molecular complexity index is 643. The number of rotatable bonds is 2. The average molecular weight is 271 g/mol. The van der Waals surface area contributed by atoms with E-state index in [0.29, 0.717) is 6.07 Å². The van der Waals surface area contributed by atoms with E-state index < -0.39 is 40.6 Å². The number of aryl methyl sites for hydroxylation is 1. The Morgan fingerprint density at radius 3 is 2.42 bits per heavy atom. The summed E-state index contributed by atoms with van der Waals surface area (Å²) in [5.74, 6) is -5.09. The van der Waals surface area contributed by atoms with Gasteiger partial charge in [-0.05, 0) is 18.6 Å². The summed E-state index contributed by atoms with van der Waals surface area (Å²) in [7, 11) is 0. The van der Waals surface area contributed by atoms with Crippen molar-refractivity contribution in [3.8, 4) is 0 Å². The topological polar surface area (TPSA) is 50.9 Å². The molecule has 7 heteroatoms. The zero-order valence-electron chi connectivity index (χ0n) is 9.77. The fraction of sp³-hybridized carbons (Fsp3) is 0.0833. The van der Waals surface area contributed by atoms with E-state index in [9.17, 15) is 17.6 Å². The van der Waals surface area contributed by atoms with Crippen LogP contribution in [0.15, 0.2) is 18.2 Å². The summed E-state index contributed by atoms with van der Waals surface area (Å²) in [5.41, 5.74) is 4.76. The van der Waals surface area contributed by atoms with Crippen molar-refractivity contribution in [2.45, 2.75) is 6.92 Å². The first-order valence-electron chi connectivity index (χ1n) is 5.23. The molecule has 100 valence electrons. The zero-order chi connectivity index (χ0) is 14.2. The van der Waals surface area contributed by atoms with Gasteiger partial charge in [0.1, 0.15) is 11.5 Å². The van der Waals surface area contributed by atoms with Crippen LogP contribution in [0.4, 0.5) is 34.9 Å². The molecule has 0 amide bonds. The van der Waals surface area contributed by atoms with Crippen LogP contribution in [0.5, 0.6) is 0 Å². The Hall–Kier alpha value is -2.31. The Balaban J connectivity index is 2.48. The maximum atomic E-state index is 13.7. The molecule has 0 fully saturated rings. The van der Waals surface area contributed by atoms with Crippen molar-refractivity contribution in [3.63, 3.8) is 0 Å². The van der Waals surface area contributed by atoms with Crippen molar-refractivity contribution < 1.29 is 17.6 Å². The highest BCUT2D eigenvalue weighted by Crippen LogP contribution is 2.27. The van der Waals surface area contributed by atoms with Crippen LogP contribution in [0.25, 0.3) is 0 Å². The molecule has 0 unspecified atom stereocenters. The minimum Gasteiger partial charge on any atom is -0.381 e. The molecule has 2 aromatic rings. The van der Waals surface area contributed by atoms with Crippen molar-refractivity contribution in [2.24, 2.45) is 0 Å². The molecule has 3 nitrogen and oxygen atoms in total. The van der Waals surface area contributed by atoms with E-state index in [1.54, 1.807) is 0 Å². The van der Waals surface area contributed by atoms with Crippen LogP contribution >= 0.6 is 0 Å². The molecule has 0 aliphatic heterocycles. The number of nitrogens with two attached hydrogens (primary N) is 1. The lowest BCUT2D eigenvalue weighted by atomic mass is 10.2. The maximum absolute atomic E-state index is 13.7. The molecule has 0 aliphatic carbocycles. The van der Waals surface area contributed by atoms with Gasteiger partial charge >= 0.3 is 0 Å². The van der Waals surface area contributed by atoms with E-state index >= 15 is 0 Å². The van der Waals surface area contributed by atoms with Gasteiger partial charge in [0, 0.05) is 6.07 Å². The molecular weight excluding hydrogens is 262 g/mol. The molecule has 3 N–H and O–H groups in total. The van der Waals surface area contributed by atoms with Crippen LogP contribution < -0.4 is 11.1 Å². The van der Waals surface area contributed by atoms with Crippen LogP contribution in [0, 0.1) is 30.2 Å². The van der Waals surface area contributed by atoms with Gasteiger partial charge in [0.2, 0.25) is 0 Å². The molecule has 0 radical (unpaired) electrons. The smallest absolute Gasteiger partial charge is 0.169 e.